The summed E-state index contributed by atoms with van der Waals surface area (Å²) in [5.41, 5.74) is -1.35. The van der Waals surface area contributed by atoms with E-state index in [2.05, 4.69) is 0 Å². The summed E-state index contributed by atoms with van der Waals surface area (Å²) in [7, 11) is 0. The molecule has 0 spiro atoms. The number of alkyl halides is 3. The van der Waals surface area contributed by atoms with Crippen LogP contribution in [0.2, 0.25) is 0 Å². The molecule has 3 aromatic rings. The van der Waals surface area contributed by atoms with Crippen molar-refractivity contribution in [1.29, 1.82) is 0 Å². The van der Waals surface area contributed by atoms with Crippen molar-refractivity contribution in [2.75, 3.05) is 32.9 Å². The van der Waals surface area contributed by atoms with Crippen molar-refractivity contribution in [2.45, 2.75) is 19.5 Å². The predicted octanol–water partition coefficient (Wildman–Crippen LogP) is 5.00. The molecule has 2 aromatic carbocycles. The number of carbonyl (C=O) groups excluding carboxylic acids is 2. The molecule has 37 heavy (non-hydrogen) atoms. The molecule has 1 saturated heterocycles. The molecule has 0 saturated carbocycles. The van der Waals surface area contributed by atoms with Crippen LogP contribution < -0.4 is 14.9 Å². The Morgan fingerprint density at radius 3 is 2.35 bits per heavy atom. The second-order valence-corrected chi connectivity index (χ2v) is 7.97. The first-order chi connectivity index (χ1) is 17.7. The number of ether oxygens (including phenoxy) is 4. The third kappa shape index (κ3) is 6.02. The highest BCUT2D eigenvalue weighted by Crippen LogP contribution is 2.38. The summed E-state index contributed by atoms with van der Waals surface area (Å²) in [6.45, 7) is 3.34. The van der Waals surface area contributed by atoms with Crippen molar-refractivity contribution in [3.8, 4) is 17.2 Å². The maximum absolute atomic E-state index is 13.8. The first-order valence-corrected chi connectivity index (χ1v) is 11.3. The Hall–Kier alpha value is -4.06. The van der Waals surface area contributed by atoms with Crippen LogP contribution in [-0.4, -0.2) is 49.9 Å². The van der Waals surface area contributed by atoms with Crippen LogP contribution in [0.4, 0.5) is 18.0 Å². The number of esters is 1. The van der Waals surface area contributed by atoms with E-state index in [0.717, 1.165) is 6.07 Å². The molecule has 196 valence electrons. The van der Waals surface area contributed by atoms with Gasteiger partial charge < -0.3 is 28.3 Å². The Labute approximate surface area is 208 Å². The summed E-state index contributed by atoms with van der Waals surface area (Å²) in [5.74, 6) is -3.55. The van der Waals surface area contributed by atoms with Gasteiger partial charge in [0.2, 0.25) is 11.2 Å². The van der Waals surface area contributed by atoms with E-state index in [1.165, 1.54) is 41.3 Å². The van der Waals surface area contributed by atoms with Gasteiger partial charge in [-0.3, -0.25) is 4.79 Å². The maximum Gasteiger partial charge on any atom is 0.453 e. The zero-order valence-electron chi connectivity index (χ0n) is 19.6. The zero-order chi connectivity index (χ0) is 26.6. The highest BCUT2D eigenvalue weighted by Gasteiger charge is 2.40. The largest absolute Gasteiger partial charge is 0.462 e. The van der Waals surface area contributed by atoms with Crippen LogP contribution in [0.15, 0.2) is 51.7 Å². The van der Waals surface area contributed by atoms with Crippen LogP contribution in [0.25, 0.3) is 11.0 Å². The SMILES string of the molecule is CCCOC(=O)c1ccc(Oc2c(C(F)(F)F)oc3cc(OC(=O)N4CCOCC4)ccc3c2=O)cc1. The number of benzene rings is 2. The number of hydrogen-bond acceptors (Lipinski definition) is 8. The fourth-order valence-electron chi connectivity index (χ4n) is 3.47. The van der Waals surface area contributed by atoms with Crippen LogP contribution in [0.5, 0.6) is 17.2 Å². The molecule has 1 amide bonds. The number of halogens is 3. The summed E-state index contributed by atoms with van der Waals surface area (Å²) >= 11 is 0. The van der Waals surface area contributed by atoms with E-state index in [1.807, 2.05) is 6.92 Å². The highest BCUT2D eigenvalue weighted by atomic mass is 19.4. The molecule has 1 aromatic heterocycles. The molecule has 0 radical (unpaired) electrons. The molecule has 0 bridgehead atoms. The van der Waals surface area contributed by atoms with Gasteiger partial charge in [0.25, 0.3) is 5.76 Å². The Kier molecular flexibility index (Phi) is 7.67. The molecule has 1 aliphatic heterocycles. The van der Waals surface area contributed by atoms with Crippen molar-refractivity contribution >= 4 is 23.0 Å². The first kappa shape index (κ1) is 26.0. The van der Waals surface area contributed by atoms with Crippen LogP contribution in [0.1, 0.15) is 29.5 Å². The molecule has 1 fully saturated rings. The highest BCUT2D eigenvalue weighted by molar-refractivity contribution is 5.89. The van der Waals surface area contributed by atoms with Gasteiger partial charge in [-0.2, -0.15) is 13.2 Å². The lowest BCUT2D eigenvalue weighted by atomic mass is 10.2. The van der Waals surface area contributed by atoms with E-state index < -0.39 is 40.8 Å². The second kappa shape index (κ2) is 10.9. The molecule has 9 nitrogen and oxygen atoms in total. The Morgan fingerprint density at radius 2 is 1.70 bits per heavy atom. The van der Waals surface area contributed by atoms with E-state index in [0.29, 0.717) is 32.7 Å². The van der Waals surface area contributed by atoms with Gasteiger partial charge in [0.05, 0.1) is 30.8 Å². The fourth-order valence-corrected chi connectivity index (χ4v) is 3.47. The number of amides is 1. The summed E-state index contributed by atoms with van der Waals surface area (Å²) in [6, 6.07) is 8.57. The van der Waals surface area contributed by atoms with Gasteiger partial charge in [0, 0.05) is 19.2 Å². The minimum Gasteiger partial charge on any atom is -0.462 e. The molecule has 4 rings (SSSR count). The van der Waals surface area contributed by atoms with Gasteiger partial charge in [-0.05, 0) is 42.8 Å². The van der Waals surface area contributed by atoms with E-state index in [1.54, 1.807) is 0 Å². The smallest absolute Gasteiger partial charge is 0.453 e. The van der Waals surface area contributed by atoms with Crippen LogP contribution in [-0.2, 0) is 15.7 Å². The molecular formula is C25H22F3NO8. The van der Waals surface area contributed by atoms with Gasteiger partial charge in [-0.15, -0.1) is 0 Å². The molecule has 1 aliphatic rings. The van der Waals surface area contributed by atoms with Gasteiger partial charge in [-0.1, -0.05) is 6.92 Å². The average Bonchev–Trinajstić information content (AvgIpc) is 2.89. The molecule has 0 N–H and O–H groups in total. The van der Waals surface area contributed by atoms with E-state index >= 15 is 0 Å². The third-order valence-corrected chi connectivity index (χ3v) is 5.30. The van der Waals surface area contributed by atoms with Crippen LogP contribution in [0, 0.1) is 0 Å². The van der Waals surface area contributed by atoms with Crippen LogP contribution in [0.3, 0.4) is 0 Å². The lowest BCUT2D eigenvalue weighted by Crippen LogP contribution is -2.42. The maximum atomic E-state index is 13.8. The van der Waals surface area contributed by atoms with Gasteiger partial charge in [0.15, 0.2) is 0 Å². The average molecular weight is 521 g/mol. The number of carbonyl (C=O) groups is 2. The lowest BCUT2D eigenvalue weighted by Gasteiger charge is -2.25. The summed E-state index contributed by atoms with van der Waals surface area (Å²) in [5, 5.41) is -0.214. The molecule has 12 heteroatoms. The standard InChI is InChI=1S/C25H22F3NO8/c1-2-11-34-23(31)15-3-5-16(6-4-15)35-21-20(30)18-8-7-17(14-19(18)37-22(21)25(26,27)28)36-24(32)29-9-12-33-13-10-29/h3-8,14H,2,9-13H2,1H3. The number of rotatable bonds is 6. The van der Waals surface area contributed by atoms with Gasteiger partial charge in [0.1, 0.15) is 17.1 Å². The van der Waals surface area contributed by atoms with Crippen LogP contribution >= 0.6 is 0 Å². The van der Waals surface area contributed by atoms with E-state index in [-0.39, 0.29) is 29.1 Å². The number of morpholine rings is 1. The molecule has 0 unspecified atom stereocenters. The summed E-state index contributed by atoms with van der Waals surface area (Å²) in [4.78, 5) is 38.6. The van der Waals surface area contributed by atoms with Crippen molar-refractivity contribution in [3.05, 3.63) is 64.0 Å². The molecule has 0 atom stereocenters. The monoisotopic (exact) mass is 521 g/mol. The van der Waals surface area contributed by atoms with Crippen molar-refractivity contribution < 1.29 is 46.1 Å². The quantitative estimate of drug-likeness (QED) is 0.418. The van der Waals surface area contributed by atoms with Crippen molar-refractivity contribution in [3.63, 3.8) is 0 Å². The van der Waals surface area contributed by atoms with E-state index in [9.17, 15) is 27.6 Å². The normalized spacial score (nSPS) is 13.9. The lowest BCUT2D eigenvalue weighted by molar-refractivity contribution is -0.154. The third-order valence-electron chi connectivity index (χ3n) is 5.30. The number of hydrogen-bond donors (Lipinski definition) is 0. The summed E-state index contributed by atoms with van der Waals surface area (Å²) in [6.07, 6.45) is -5.15. The Morgan fingerprint density at radius 1 is 1.03 bits per heavy atom. The first-order valence-electron chi connectivity index (χ1n) is 11.3. The summed E-state index contributed by atoms with van der Waals surface area (Å²) < 4.78 is 67.2. The van der Waals surface area contributed by atoms with Crippen molar-refractivity contribution in [1.82, 2.24) is 4.90 Å². The minimum absolute atomic E-state index is 0.0977. The van der Waals surface area contributed by atoms with Gasteiger partial charge >= 0.3 is 18.2 Å². The molecule has 0 aliphatic carbocycles. The van der Waals surface area contributed by atoms with Crippen molar-refractivity contribution in [2.24, 2.45) is 0 Å². The zero-order valence-corrected chi connectivity index (χ0v) is 19.6. The Balaban J connectivity index is 1.63. The second-order valence-electron chi connectivity index (χ2n) is 7.97. The predicted molar refractivity (Wildman–Crippen MR) is 123 cm³/mol. The number of fused-ring (bicyclic) bond motifs is 1. The van der Waals surface area contributed by atoms with E-state index in [4.69, 9.17) is 23.4 Å². The molecular weight excluding hydrogens is 499 g/mol. The fraction of sp³-hybridized carbons (Fsp3) is 0.320. The minimum atomic E-state index is -5.08. The topological polar surface area (TPSA) is 105 Å². The Bertz CT molecular complexity index is 1350. The number of nitrogens with zero attached hydrogens (tertiary/aromatic N) is 1. The van der Waals surface area contributed by atoms with Gasteiger partial charge in [-0.25, -0.2) is 9.59 Å². The molecule has 2 heterocycles.